The summed E-state index contributed by atoms with van der Waals surface area (Å²) >= 11 is 3.45. The largest absolute Gasteiger partial charge is 0.489 e. The van der Waals surface area contributed by atoms with E-state index in [1.807, 2.05) is 19.2 Å². The van der Waals surface area contributed by atoms with Gasteiger partial charge in [-0.15, -0.1) is 0 Å². The Morgan fingerprint density at radius 3 is 2.37 bits per heavy atom. The van der Waals surface area contributed by atoms with Gasteiger partial charge in [0.1, 0.15) is 12.4 Å². The highest BCUT2D eigenvalue weighted by atomic mass is 79.9. The molecule has 19 heavy (non-hydrogen) atoms. The fourth-order valence-electron chi connectivity index (χ4n) is 1.89. The van der Waals surface area contributed by atoms with Crippen LogP contribution in [-0.2, 0) is 13.2 Å². The van der Waals surface area contributed by atoms with Gasteiger partial charge in [0.25, 0.3) is 0 Å². The van der Waals surface area contributed by atoms with Gasteiger partial charge in [-0.1, -0.05) is 40.2 Å². The van der Waals surface area contributed by atoms with Gasteiger partial charge in [0, 0.05) is 11.0 Å². The van der Waals surface area contributed by atoms with E-state index in [-0.39, 0.29) is 0 Å². The van der Waals surface area contributed by atoms with Gasteiger partial charge in [0.2, 0.25) is 0 Å². The van der Waals surface area contributed by atoms with Crippen LogP contribution in [0.5, 0.6) is 5.75 Å². The van der Waals surface area contributed by atoms with Crippen LogP contribution in [0, 0.1) is 6.92 Å². The minimum absolute atomic E-state index is 0.600. The molecule has 0 spiro atoms. The van der Waals surface area contributed by atoms with Crippen molar-refractivity contribution in [2.24, 2.45) is 0 Å². The summed E-state index contributed by atoms with van der Waals surface area (Å²) in [5.41, 5.74) is 3.61. The first kappa shape index (κ1) is 14.1. The van der Waals surface area contributed by atoms with Crippen LogP contribution in [0.2, 0.25) is 0 Å². The quantitative estimate of drug-likeness (QED) is 0.897. The maximum absolute atomic E-state index is 5.84. The lowest BCUT2D eigenvalue weighted by molar-refractivity contribution is 0.304. The molecule has 0 saturated carbocycles. The summed E-state index contributed by atoms with van der Waals surface area (Å²) in [6.45, 7) is 3.55. The standard InChI is InChI=1S/C16H18BrNO/c1-12-9-15(17)7-8-16(12)19-11-14-5-3-13(4-6-14)10-18-2/h3-9,18H,10-11H2,1-2H3. The predicted octanol–water partition coefficient (Wildman–Crippen LogP) is 4.06. The van der Waals surface area contributed by atoms with Crippen LogP contribution in [0.25, 0.3) is 0 Å². The van der Waals surface area contributed by atoms with Gasteiger partial charge in [-0.05, 0) is 48.9 Å². The minimum atomic E-state index is 0.600. The van der Waals surface area contributed by atoms with Crippen LogP contribution in [0.15, 0.2) is 46.9 Å². The number of halogens is 1. The van der Waals surface area contributed by atoms with E-state index < -0.39 is 0 Å². The van der Waals surface area contributed by atoms with Crippen LogP contribution >= 0.6 is 15.9 Å². The number of aryl methyl sites for hydroxylation is 1. The van der Waals surface area contributed by atoms with Gasteiger partial charge in [0.05, 0.1) is 0 Å². The Hall–Kier alpha value is -1.32. The summed E-state index contributed by atoms with van der Waals surface area (Å²) in [5, 5.41) is 3.14. The molecule has 0 atom stereocenters. The molecule has 0 heterocycles. The molecule has 0 saturated heterocycles. The number of hydrogen-bond acceptors (Lipinski definition) is 2. The Morgan fingerprint density at radius 2 is 1.74 bits per heavy atom. The van der Waals surface area contributed by atoms with Gasteiger partial charge in [0.15, 0.2) is 0 Å². The van der Waals surface area contributed by atoms with Crippen LogP contribution in [-0.4, -0.2) is 7.05 Å². The smallest absolute Gasteiger partial charge is 0.122 e. The van der Waals surface area contributed by atoms with Crippen molar-refractivity contribution in [3.8, 4) is 5.75 Å². The molecule has 0 bridgehead atoms. The third-order valence-corrected chi connectivity index (χ3v) is 3.43. The normalized spacial score (nSPS) is 10.5. The number of rotatable bonds is 5. The van der Waals surface area contributed by atoms with E-state index >= 15 is 0 Å². The average molecular weight is 320 g/mol. The van der Waals surface area contributed by atoms with E-state index in [1.165, 1.54) is 11.1 Å². The fourth-order valence-corrected chi connectivity index (χ4v) is 2.37. The lowest BCUT2D eigenvalue weighted by Gasteiger charge is -2.10. The average Bonchev–Trinajstić information content (AvgIpc) is 2.40. The van der Waals surface area contributed by atoms with E-state index in [1.54, 1.807) is 0 Å². The van der Waals surface area contributed by atoms with E-state index in [0.29, 0.717) is 6.61 Å². The van der Waals surface area contributed by atoms with Crippen molar-refractivity contribution in [1.29, 1.82) is 0 Å². The van der Waals surface area contributed by atoms with Crippen molar-refractivity contribution in [3.05, 3.63) is 63.6 Å². The first-order valence-electron chi connectivity index (χ1n) is 6.30. The molecule has 0 aliphatic carbocycles. The van der Waals surface area contributed by atoms with E-state index in [2.05, 4.69) is 58.5 Å². The minimum Gasteiger partial charge on any atom is -0.489 e. The molecule has 0 aliphatic rings. The van der Waals surface area contributed by atoms with Gasteiger partial charge in [-0.2, -0.15) is 0 Å². The third kappa shape index (κ3) is 4.08. The van der Waals surface area contributed by atoms with E-state index in [4.69, 9.17) is 4.74 Å². The zero-order valence-electron chi connectivity index (χ0n) is 11.2. The summed E-state index contributed by atoms with van der Waals surface area (Å²) in [7, 11) is 1.95. The van der Waals surface area contributed by atoms with Crippen LogP contribution in [0.1, 0.15) is 16.7 Å². The Bertz CT molecular complexity index is 537. The molecule has 0 amide bonds. The molecule has 0 aromatic heterocycles. The number of ether oxygens (including phenoxy) is 1. The summed E-state index contributed by atoms with van der Waals surface area (Å²) < 4.78 is 6.92. The molecule has 0 unspecified atom stereocenters. The molecule has 1 N–H and O–H groups in total. The van der Waals surface area contributed by atoms with Crippen LogP contribution in [0.3, 0.4) is 0 Å². The molecule has 2 nitrogen and oxygen atoms in total. The van der Waals surface area contributed by atoms with Gasteiger partial charge in [-0.3, -0.25) is 0 Å². The van der Waals surface area contributed by atoms with Crippen LogP contribution in [0.4, 0.5) is 0 Å². The Kier molecular flexibility index (Phi) is 5.00. The van der Waals surface area contributed by atoms with Gasteiger partial charge in [-0.25, -0.2) is 0 Å². The van der Waals surface area contributed by atoms with Crippen molar-refractivity contribution in [2.45, 2.75) is 20.1 Å². The molecular formula is C16H18BrNO. The molecule has 3 heteroatoms. The second kappa shape index (κ2) is 6.73. The lowest BCUT2D eigenvalue weighted by atomic mass is 10.1. The van der Waals surface area contributed by atoms with Crippen molar-refractivity contribution in [1.82, 2.24) is 5.32 Å². The monoisotopic (exact) mass is 319 g/mol. The molecule has 2 rings (SSSR count). The van der Waals surface area contributed by atoms with E-state index in [0.717, 1.165) is 22.3 Å². The topological polar surface area (TPSA) is 21.3 Å². The summed E-state index contributed by atoms with van der Waals surface area (Å²) in [6.07, 6.45) is 0. The lowest BCUT2D eigenvalue weighted by Crippen LogP contribution is -2.05. The van der Waals surface area contributed by atoms with Crippen LogP contribution < -0.4 is 10.1 Å². The molecule has 2 aromatic carbocycles. The summed E-state index contributed by atoms with van der Waals surface area (Å²) in [5.74, 6) is 0.933. The van der Waals surface area contributed by atoms with Crippen molar-refractivity contribution < 1.29 is 4.74 Å². The zero-order chi connectivity index (χ0) is 13.7. The maximum Gasteiger partial charge on any atom is 0.122 e. The van der Waals surface area contributed by atoms with Crippen molar-refractivity contribution in [2.75, 3.05) is 7.05 Å². The maximum atomic E-state index is 5.84. The summed E-state index contributed by atoms with van der Waals surface area (Å²) in [6, 6.07) is 14.5. The summed E-state index contributed by atoms with van der Waals surface area (Å²) in [4.78, 5) is 0. The second-order valence-corrected chi connectivity index (χ2v) is 5.46. The Morgan fingerprint density at radius 1 is 1.05 bits per heavy atom. The van der Waals surface area contributed by atoms with Crippen molar-refractivity contribution >= 4 is 15.9 Å². The molecular weight excluding hydrogens is 302 g/mol. The highest BCUT2D eigenvalue weighted by Crippen LogP contribution is 2.23. The predicted molar refractivity (Wildman–Crippen MR) is 82.4 cm³/mol. The number of hydrogen-bond donors (Lipinski definition) is 1. The second-order valence-electron chi connectivity index (χ2n) is 4.55. The SMILES string of the molecule is CNCc1ccc(COc2ccc(Br)cc2C)cc1. The van der Waals surface area contributed by atoms with Gasteiger partial charge >= 0.3 is 0 Å². The molecule has 2 aromatic rings. The first-order chi connectivity index (χ1) is 9.19. The highest BCUT2D eigenvalue weighted by molar-refractivity contribution is 9.10. The first-order valence-corrected chi connectivity index (χ1v) is 7.09. The highest BCUT2D eigenvalue weighted by Gasteiger charge is 2.01. The fraction of sp³-hybridized carbons (Fsp3) is 0.250. The molecule has 0 aliphatic heterocycles. The molecule has 100 valence electrons. The zero-order valence-corrected chi connectivity index (χ0v) is 12.8. The molecule has 0 fully saturated rings. The van der Waals surface area contributed by atoms with Gasteiger partial charge < -0.3 is 10.1 Å². The third-order valence-electron chi connectivity index (χ3n) is 2.94. The number of nitrogens with one attached hydrogen (secondary N) is 1. The Labute approximate surface area is 122 Å². The Balaban J connectivity index is 1.98. The number of benzene rings is 2. The molecule has 0 radical (unpaired) electrons. The van der Waals surface area contributed by atoms with E-state index in [9.17, 15) is 0 Å². The van der Waals surface area contributed by atoms with Crippen molar-refractivity contribution in [3.63, 3.8) is 0 Å².